The molecule has 2 N–H and O–H groups in total. The molecule has 0 saturated heterocycles. The number of hydrogen-bond acceptors (Lipinski definition) is 2. The van der Waals surface area contributed by atoms with Crippen molar-refractivity contribution in [1.82, 2.24) is 0 Å². The van der Waals surface area contributed by atoms with E-state index in [2.05, 4.69) is 19.9 Å². The van der Waals surface area contributed by atoms with Crippen molar-refractivity contribution >= 4 is 11.6 Å². The summed E-state index contributed by atoms with van der Waals surface area (Å²) in [5.74, 6) is 1.26. The van der Waals surface area contributed by atoms with Crippen molar-refractivity contribution in [2.75, 3.05) is 13.7 Å². The second-order valence-corrected chi connectivity index (χ2v) is 4.65. The second kappa shape index (κ2) is 6.12. The summed E-state index contributed by atoms with van der Waals surface area (Å²) in [5, 5.41) is 0.695. The summed E-state index contributed by atoms with van der Waals surface area (Å²) in [4.78, 5) is 0. The Morgan fingerprint density at radius 3 is 2.56 bits per heavy atom. The summed E-state index contributed by atoms with van der Waals surface area (Å²) in [5.41, 5.74) is 7.93. The van der Waals surface area contributed by atoms with Gasteiger partial charge >= 0.3 is 0 Å². The normalized spacial score (nSPS) is 10.9. The maximum Gasteiger partial charge on any atom is 0.140 e. The van der Waals surface area contributed by atoms with Crippen molar-refractivity contribution in [3.63, 3.8) is 0 Å². The molecule has 1 rings (SSSR count). The zero-order valence-electron chi connectivity index (χ0n) is 10.2. The molecule has 0 fully saturated rings. The molecule has 0 unspecified atom stereocenters. The predicted octanol–water partition coefficient (Wildman–Crippen LogP) is 3.36. The Kier molecular flexibility index (Phi) is 5.10. The van der Waals surface area contributed by atoms with Crippen LogP contribution in [-0.4, -0.2) is 13.7 Å². The number of hydrogen-bond donors (Lipinski definition) is 1. The molecule has 0 saturated carbocycles. The van der Waals surface area contributed by atoms with Gasteiger partial charge in [0.1, 0.15) is 5.75 Å². The topological polar surface area (TPSA) is 35.2 Å². The zero-order chi connectivity index (χ0) is 12.1. The third-order valence-corrected chi connectivity index (χ3v) is 2.94. The van der Waals surface area contributed by atoms with Crippen molar-refractivity contribution < 1.29 is 4.74 Å². The van der Waals surface area contributed by atoms with E-state index in [1.165, 1.54) is 5.56 Å². The van der Waals surface area contributed by atoms with E-state index in [4.69, 9.17) is 22.1 Å². The number of methoxy groups -OCH3 is 1. The van der Waals surface area contributed by atoms with Gasteiger partial charge in [0.05, 0.1) is 12.1 Å². The van der Waals surface area contributed by atoms with Gasteiger partial charge in [0.15, 0.2) is 0 Å². The quantitative estimate of drug-likeness (QED) is 0.858. The van der Waals surface area contributed by atoms with Gasteiger partial charge in [-0.15, -0.1) is 0 Å². The SMILES string of the molecule is COc1c(Cl)cc(C(C)C)cc1CCCN. The molecule has 0 amide bonds. The highest BCUT2D eigenvalue weighted by Crippen LogP contribution is 2.33. The van der Waals surface area contributed by atoms with Gasteiger partial charge in [0.25, 0.3) is 0 Å². The van der Waals surface area contributed by atoms with E-state index in [1.807, 2.05) is 6.07 Å². The third kappa shape index (κ3) is 3.13. The molecule has 0 heterocycles. The molecule has 90 valence electrons. The number of ether oxygens (including phenoxy) is 1. The van der Waals surface area contributed by atoms with Crippen LogP contribution in [0.4, 0.5) is 0 Å². The van der Waals surface area contributed by atoms with Crippen molar-refractivity contribution in [1.29, 1.82) is 0 Å². The van der Waals surface area contributed by atoms with Crippen LogP contribution in [0.2, 0.25) is 5.02 Å². The monoisotopic (exact) mass is 241 g/mol. The van der Waals surface area contributed by atoms with Crippen LogP contribution in [0.3, 0.4) is 0 Å². The van der Waals surface area contributed by atoms with Crippen molar-refractivity contribution in [3.05, 3.63) is 28.3 Å². The number of rotatable bonds is 5. The Balaban J connectivity index is 3.09. The smallest absolute Gasteiger partial charge is 0.140 e. The van der Waals surface area contributed by atoms with Crippen LogP contribution in [0, 0.1) is 0 Å². The number of nitrogens with two attached hydrogens (primary N) is 1. The average molecular weight is 242 g/mol. The molecule has 0 atom stereocenters. The van der Waals surface area contributed by atoms with E-state index in [0.29, 0.717) is 17.5 Å². The minimum atomic E-state index is 0.472. The summed E-state index contributed by atoms with van der Waals surface area (Å²) in [7, 11) is 1.65. The largest absolute Gasteiger partial charge is 0.495 e. The van der Waals surface area contributed by atoms with Gasteiger partial charge in [-0.05, 0) is 42.5 Å². The van der Waals surface area contributed by atoms with Crippen LogP contribution in [0.5, 0.6) is 5.75 Å². The Hall–Kier alpha value is -0.730. The standard InChI is InChI=1S/C13H20ClNO/c1-9(2)11-7-10(5-4-6-15)13(16-3)12(14)8-11/h7-9H,4-6,15H2,1-3H3. The third-order valence-electron chi connectivity index (χ3n) is 2.66. The summed E-state index contributed by atoms with van der Waals surface area (Å²) >= 11 is 6.20. The van der Waals surface area contributed by atoms with E-state index >= 15 is 0 Å². The maximum atomic E-state index is 6.20. The molecule has 0 aliphatic rings. The maximum absolute atomic E-state index is 6.20. The summed E-state index contributed by atoms with van der Waals surface area (Å²) in [6.07, 6.45) is 1.87. The van der Waals surface area contributed by atoms with E-state index in [-0.39, 0.29) is 0 Å². The van der Waals surface area contributed by atoms with Gasteiger partial charge in [0.2, 0.25) is 0 Å². The lowest BCUT2D eigenvalue weighted by Gasteiger charge is -2.14. The second-order valence-electron chi connectivity index (χ2n) is 4.24. The first-order valence-corrected chi connectivity index (χ1v) is 6.04. The molecule has 1 aromatic rings. The molecular weight excluding hydrogens is 222 g/mol. The van der Waals surface area contributed by atoms with Gasteiger partial charge in [0, 0.05) is 0 Å². The fraction of sp³-hybridized carbons (Fsp3) is 0.538. The van der Waals surface area contributed by atoms with Gasteiger partial charge in [-0.1, -0.05) is 31.5 Å². The molecule has 0 aliphatic carbocycles. The molecule has 1 aromatic carbocycles. The number of benzene rings is 1. The zero-order valence-corrected chi connectivity index (χ0v) is 11.0. The highest BCUT2D eigenvalue weighted by molar-refractivity contribution is 6.32. The first kappa shape index (κ1) is 13.3. The van der Waals surface area contributed by atoms with Crippen LogP contribution in [0.25, 0.3) is 0 Å². The Morgan fingerprint density at radius 2 is 2.06 bits per heavy atom. The predicted molar refractivity (Wildman–Crippen MR) is 69.5 cm³/mol. The molecule has 16 heavy (non-hydrogen) atoms. The summed E-state index contributed by atoms with van der Waals surface area (Å²) in [6.45, 7) is 5.00. The van der Waals surface area contributed by atoms with Crippen LogP contribution in [-0.2, 0) is 6.42 Å². The Morgan fingerprint density at radius 1 is 1.38 bits per heavy atom. The minimum Gasteiger partial charge on any atom is -0.495 e. The molecule has 0 spiro atoms. The van der Waals surface area contributed by atoms with Gasteiger partial charge < -0.3 is 10.5 Å². The average Bonchev–Trinajstić information content (AvgIpc) is 2.25. The molecule has 3 heteroatoms. The van der Waals surface area contributed by atoms with Gasteiger partial charge in [-0.25, -0.2) is 0 Å². The van der Waals surface area contributed by atoms with Crippen LogP contribution < -0.4 is 10.5 Å². The fourth-order valence-corrected chi connectivity index (χ4v) is 2.04. The van der Waals surface area contributed by atoms with E-state index in [0.717, 1.165) is 24.2 Å². The van der Waals surface area contributed by atoms with Crippen LogP contribution >= 0.6 is 11.6 Å². The molecule has 0 bridgehead atoms. The lowest BCUT2D eigenvalue weighted by molar-refractivity contribution is 0.409. The number of aryl methyl sites for hydroxylation is 1. The van der Waals surface area contributed by atoms with E-state index < -0.39 is 0 Å². The van der Waals surface area contributed by atoms with E-state index in [1.54, 1.807) is 7.11 Å². The highest BCUT2D eigenvalue weighted by Gasteiger charge is 2.11. The minimum absolute atomic E-state index is 0.472. The first-order chi connectivity index (χ1) is 7.60. The van der Waals surface area contributed by atoms with Gasteiger partial charge in [-0.3, -0.25) is 0 Å². The fourth-order valence-electron chi connectivity index (χ4n) is 1.71. The van der Waals surface area contributed by atoms with Crippen LogP contribution in [0.15, 0.2) is 12.1 Å². The Bertz CT molecular complexity index is 350. The summed E-state index contributed by atoms with van der Waals surface area (Å²) < 4.78 is 5.34. The van der Waals surface area contributed by atoms with Crippen molar-refractivity contribution in [2.45, 2.75) is 32.6 Å². The molecule has 0 radical (unpaired) electrons. The Labute approximate surface area is 103 Å². The van der Waals surface area contributed by atoms with Gasteiger partial charge in [-0.2, -0.15) is 0 Å². The highest BCUT2D eigenvalue weighted by atomic mass is 35.5. The van der Waals surface area contributed by atoms with E-state index in [9.17, 15) is 0 Å². The number of halogens is 1. The molecular formula is C13H20ClNO. The van der Waals surface area contributed by atoms with Crippen molar-refractivity contribution in [3.8, 4) is 5.75 Å². The first-order valence-electron chi connectivity index (χ1n) is 5.66. The summed E-state index contributed by atoms with van der Waals surface area (Å²) in [6, 6.07) is 4.15. The molecule has 2 nitrogen and oxygen atoms in total. The van der Waals surface area contributed by atoms with Crippen molar-refractivity contribution in [2.24, 2.45) is 5.73 Å². The lowest BCUT2D eigenvalue weighted by Crippen LogP contribution is -2.03. The van der Waals surface area contributed by atoms with Crippen LogP contribution in [0.1, 0.15) is 37.3 Å². The molecule has 0 aliphatic heterocycles. The lowest BCUT2D eigenvalue weighted by atomic mass is 9.98. The molecule has 0 aromatic heterocycles.